The molecule has 0 aromatic heterocycles. The molecule has 22 heavy (non-hydrogen) atoms. The van der Waals surface area contributed by atoms with E-state index in [4.69, 9.17) is 16.4 Å². The third kappa shape index (κ3) is 3.33. The highest BCUT2D eigenvalue weighted by atomic mass is 35.5. The SMILES string of the molecule is CCON/C=C/Cc1c(C)c(C)c2c(c1Cl)CC(C)(CC)C2. The summed E-state index contributed by atoms with van der Waals surface area (Å²) < 4.78 is 0. The zero-order valence-corrected chi connectivity index (χ0v) is 15.2. The van der Waals surface area contributed by atoms with Gasteiger partial charge in [-0.05, 0) is 73.3 Å². The molecule has 0 fully saturated rings. The molecule has 0 bridgehead atoms. The van der Waals surface area contributed by atoms with Gasteiger partial charge in [0.05, 0.1) is 6.61 Å². The third-order valence-corrected chi connectivity index (χ3v) is 5.61. The second-order valence-corrected chi connectivity index (χ2v) is 7.05. The van der Waals surface area contributed by atoms with E-state index >= 15 is 0 Å². The average Bonchev–Trinajstić information content (AvgIpc) is 2.87. The fraction of sp³-hybridized carbons (Fsp3) is 0.579. The molecule has 1 atom stereocenters. The summed E-state index contributed by atoms with van der Waals surface area (Å²) in [7, 11) is 0. The molecule has 2 nitrogen and oxygen atoms in total. The van der Waals surface area contributed by atoms with Crippen molar-refractivity contribution in [1.29, 1.82) is 0 Å². The number of nitrogens with one attached hydrogen (secondary N) is 1. The number of rotatable bonds is 6. The van der Waals surface area contributed by atoms with E-state index in [2.05, 4.69) is 39.3 Å². The van der Waals surface area contributed by atoms with Crippen LogP contribution in [0.3, 0.4) is 0 Å². The fourth-order valence-electron chi connectivity index (χ4n) is 3.35. The quantitative estimate of drug-likeness (QED) is 0.583. The monoisotopic (exact) mass is 321 g/mol. The Bertz CT molecular complexity index is 580. The Morgan fingerprint density at radius 1 is 1.18 bits per heavy atom. The number of hydrogen-bond donors (Lipinski definition) is 1. The Kier molecular flexibility index (Phi) is 5.57. The summed E-state index contributed by atoms with van der Waals surface area (Å²) in [4.78, 5) is 5.10. The van der Waals surface area contributed by atoms with Crippen molar-refractivity contribution in [2.45, 2.75) is 60.3 Å². The molecule has 3 heteroatoms. The van der Waals surface area contributed by atoms with Crippen molar-refractivity contribution < 1.29 is 4.84 Å². The van der Waals surface area contributed by atoms with E-state index in [0.717, 1.165) is 24.3 Å². The van der Waals surface area contributed by atoms with Gasteiger partial charge in [0.1, 0.15) is 0 Å². The van der Waals surface area contributed by atoms with Gasteiger partial charge in [-0.1, -0.05) is 37.9 Å². The highest BCUT2D eigenvalue weighted by Gasteiger charge is 2.35. The second kappa shape index (κ2) is 7.06. The molecule has 1 unspecified atom stereocenters. The summed E-state index contributed by atoms with van der Waals surface area (Å²) in [6.45, 7) is 11.7. The molecule has 0 spiro atoms. The van der Waals surface area contributed by atoms with Crippen LogP contribution < -0.4 is 5.48 Å². The lowest BCUT2D eigenvalue weighted by molar-refractivity contribution is 0.0824. The maximum atomic E-state index is 6.77. The van der Waals surface area contributed by atoms with Crippen LogP contribution in [0.5, 0.6) is 0 Å². The van der Waals surface area contributed by atoms with E-state index in [1.165, 1.54) is 34.2 Å². The van der Waals surface area contributed by atoms with Crippen LogP contribution in [0, 0.1) is 19.3 Å². The molecule has 1 aromatic rings. The van der Waals surface area contributed by atoms with Gasteiger partial charge in [-0.3, -0.25) is 10.3 Å². The first-order chi connectivity index (χ1) is 10.4. The summed E-state index contributed by atoms with van der Waals surface area (Å²) in [5.41, 5.74) is 10.1. The maximum Gasteiger partial charge on any atom is 0.0717 e. The average molecular weight is 322 g/mol. The standard InChI is InChI=1S/C19H28ClNO/c1-6-19(5)11-16-14(4)13(3)15(18(20)17(16)12-19)9-8-10-21-22-7-2/h8,10,21H,6-7,9,11-12H2,1-5H3/b10-8+. The fourth-order valence-corrected chi connectivity index (χ4v) is 3.75. The van der Waals surface area contributed by atoms with Gasteiger partial charge in [-0.15, -0.1) is 0 Å². The molecule has 1 aliphatic carbocycles. The van der Waals surface area contributed by atoms with Gasteiger partial charge in [-0.2, -0.15) is 0 Å². The molecule has 2 rings (SSSR count). The van der Waals surface area contributed by atoms with Crippen LogP contribution >= 0.6 is 11.6 Å². The van der Waals surface area contributed by atoms with Crippen LogP contribution in [0.4, 0.5) is 0 Å². The van der Waals surface area contributed by atoms with Gasteiger partial charge < -0.3 is 0 Å². The molecule has 0 amide bonds. The summed E-state index contributed by atoms with van der Waals surface area (Å²) in [5.74, 6) is 0. The third-order valence-electron chi connectivity index (χ3n) is 5.16. The topological polar surface area (TPSA) is 21.3 Å². The van der Waals surface area contributed by atoms with E-state index in [9.17, 15) is 0 Å². The van der Waals surface area contributed by atoms with Gasteiger partial charge >= 0.3 is 0 Å². The number of hydrogen-bond acceptors (Lipinski definition) is 2. The minimum atomic E-state index is 0.369. The van der Waals surface area contributed by atoms with Gasteiger partial charge in [-0.25, -0.2) is 0 Å². The Balaban J connectivity index is 2.29. The van der Waals surface area contributed by atoms with Crippen molar-refractivity contribution >= 4 is 11.6 Å². The lowest BCUT2D eigenvalue weighted by atomic mass is 9.84. The smallest absolute Gasteiger partial charge is 0.0717 e. The van der Waals surface area contributed by atoms with Crippen molar-refractivity contribution in [2.24, 2.45) is 5.41 Å². The molecule has 122 valence electrons. The molecule has 0 saturated heterocycles. The highest BCUT2D eigenvalue weighted by Crippen LogP contribution is 2.45. The van der Waals surface area contributed by atoms with Crippen molar-refractivity contribution in [1.82, 2.24) is 5.48 Å². The lowest BCUT2D eigenvalue weighted by Gasteiger charge is -2.20. The molecule has 0 heterocycles. The molecular weight excluding hydrogens is 294 g/mol. The highest BCUT2D eigenvalue weighted by molar-refractivity contribution is 6.32. The minimum Gasteiger partial charge on any atom is -0.277 e. The van der Waals surface area contributed by atoms with Gasteiger partial charge in [0.25, 0.3) is 0 Å². The summed E-state index contributed by atoms with van der Waals surface area (Å²) in [6, 6.07) is 0. The van der Waals surface area contributed by atoms with Crippen LogP contribution in [0.2, 0.25) is 5.02 Å². The minimum absolute atomic E-state index is 0.369. The van der Waals surface area contributed by atoms with E-state index in [-0.39, 0.29) is 0 Å². The predicted molar refractivity (Wildman–Crippen MR) is 94.3 cm³/mol. The van der Waals surface area contributed by atoms with E-state index in [1.807, 2.05) is 13.1 Å². The van der Waals surface area contributed by atoms with Crippen LogP contribution in [0.15, 0.2) is 12.3 Å². The van der Waals surface area contributed by atoms with Crippen LogP contribution in [-0.2, 0) is 24.1 Å². The Labute approximate surface area is 139 Å². The zero-order valence-electron chi connectivity index (χ0n) is 14.5. The Hall–Kier alpha value is -0.990. The van der Waals surface area contributed by atoms with Crippen molar-refractivity contribution in [3.05, 3.63) is 45.1 Å². The molecule has 1 N–H and O–H groups in total. The van der Waals surface area contributed by atoms with Crippen LogP contribution in [0.1, 0.15) is 55.0 Å². The predicted octanol–water partition coefficient (Wildman–Crippen LogP) is 5.07. The van der Waals surface area contributed by atoms with E-state index < -0.39 is 0 Å². The first-order valence-electron chi connectivity index (χ1n) is 8.25. The molecule has 1 aromatic carbocycles. The normalized spacial score (nSPS) is 20.6. The molecule has 0 saturated carbocycles. The van der Waals surface area contributed by atoms with Crippen molar-refractivity contribution in [3.8, 4) is 0 Å². The second-order valence-electron chi connectivity index (χ2n) is 6.67. The van der Waals surface area contributed by atoms with Crippen molar-refractivity contribution in [3.63, 3.8) is 0 Å². The maximum absolute atomic E-state index is 6.77. The number of allylic oxidation sites excluding steroid dienone is 1. The first kappa shape index (κ1) is 17.4. The summed E-state index contributed by atoms with van der Waals surface area (Å²) in [5, 5.41) is 0.983. The van der Waals surface area contributed by atoms with Crippen molar-refractivity contribution in [2.75, 3.05) is 6.61 Å². The molecule has 1 aliphatic rings. The molecular formula is C19H28ClNO. The van der Waals surface area contributed by atoms with Gasteiger partial charge in [0.2, 0.25) is 0 Å². The number of halogens is 1. The van der Waals surface area contributed by atoms with Gasteiger partial charge in [0.15, 0.2) is 0 Å². The van der Waals surface area contributed by atoms with Gasteiger partial charge in [0, 0.05) is 11.2 Å². The molecule has 0 aliphatic heterocycles. The summed E-state index contributed by atoms with van der Waals surface area (Å²) >= 11 is 6.77. The van der Waals surface area contributed by atoms with E-state index in [0.29, 0.717) is 12.0 Å². The lowest BCUT2D eigenvalue weighted by Crippen LogP contribution is -2.14. The van der Waals surface area contributed by atoms with Crippen LogP contribution in [0.25, 0.3) is 0 Å². The number of benzene rings is 1. The Morgan fingerprint density at radius 2 is 1.86 bits per heavy atom. The zero-order chi connectivity index (χ0) is 16.3. The van der Waals surface area contributed by atoms with Crippen LogP contribution in [-0.4, -0.2) is 6.61 Å². The Morgan fingerprint density at radius 3 is 2.50 bits per heavy atom. The van der Waals surface area contributed by atoms with E-state index in [1.54, 1.807) is 0 Å². The number of fused-ring (bicyclic) bond motifs is 1. The largest absolute Gasteiger partial charge is 0.277 e. The number of hydroxylamine groups is 1. The molecule has 0 radical (unpaired) electrons. The first-order valence-corrected chi connectivity index (χ1v) is 8.63. The summed E-state index contributed by atoms with van der Waals surface area (Å²) in [6.07, 6.45) is 8.22.